The van der Waals surface area contributed by atoms with Crippen molar-refractivity contribution in [3.8, 4) is 0 Å². The summed E-state index contributed by atoms with van der Waals surface area (Å²) >= 11 is 1.82. The van der Waals surface area contributed by atoms with Gasteiger partial charge in [0.1, 0.15) is 0 Å². The number of rotatable bonds is 7. The fourth-order valence-electron chi connectivity index (χ4n) is 3.16. The lowest BCUT2D eigenvalue weighted by Gasteiger charge is -2.40. The molecule has 1 saturated heterocycles. The number of hydrogen-bond donors (Lipinski definition) is 1. The van der Waals surface area contributed by atoms with Gasteiger partial charge in [0.05, 0.1) is 5.41 Å². The fraction of sp³-hybridized carbons (Fsp3) is 0.706. The Morgan fingerprint density at radius 1 is 1.21 bits per heavy atom. The lowest BCUT2D eigenvalue weighted by Crippen LogP contribution is -2.54. The van der Waals surface area contributed by atoms with Gasteiger partial charge < -0.3 is 10.6 Å². The second-order valence-electron chi connectivity index (χ2n) is 6.15. The van der Waals surface area contributed by atoms with Crippen LogP contribution in [0.15, 0.2) is 17.5 Å². The molecule has 0 spiro atoms. The summed E-state index contributed by atoms with van der Waals surface area (Å²) in [6, 6.07) is 4.31. The van der Waals surface area contributed by atoms with E-state index in [-0.39, 0.29) is 36.1 Å². The van der Waals surface area contributed by atoms with Gasteiger partial charge in [-0.2, -0.15) is 0 Å². The van der Waals surface area contributed by atoms with Crippen LogP contribution in [0.5, 0.6) is 0 Å². The molecule has 2 heterocycles. The average molecular weight is 396 g/mol. The number of amides is 1. The van der Waals surface area contributed by atoms with Crippen LogP contribution in [0.1, 0.15) is 31.6 Å². The molecule has 2 rings (SSSR count). The van der Waals surface area contributed by atoms with Crippen molar-refractivity contribution >= 4 is 42.1 Å². The fourth-order valence-corrected chi connectivity index (χ4v) is 3.86. The normalized spacial score (nSPS) is 15.5. The van der Waals surface area contributed by atoms with E-state index < -0.39 is 0 Å². The summed E-state index contributed by atoms with van der Waals surface area (Å²) in [5, 5.41) is 2.13. The molecule has 1 aliphatic heterocycles. The molecule has 0 bridgehead atoms. The Kier molecular flexibility index (Phi) is 11.2. The van der Waals surface area contributed by atoms with Gasteiger partial charge in [0, 0.05) is 44.1 Å². The van der Waals surface area contributed by atoms with Crippen LogP contribution in [-0.2, 0) is 11.2 Å². The first-order valence-corrected chi connectivity index (χ1v) is 9.27. The molecule has 140 valence electrons. The largest absolute Gasteiger partial charge is 0.340 e. The highest BCUT2D eigenvalue weighted by Gasteiger charge is 2.37. The van der Waals surface area contributed by atoms with E-state index in [9.17, 15) is 4.79 Å². The van der Waals surface area contributed by atoms with Gasteiger partial charge in [-0.05, 0) is 30.7 Å². The standard InChI is InChI=1S/C17H29N3OS.2ClH/c1-3-17(4-2,14-18)16(21)20-11-9-19(10-12-20)8-7-15-6-5-13-22-15;;/h5-6,13H,3-4,7-12,14,18H2,1-2H3;2*1H. The first kappa shape index (κ1) is 23.7. The Hall–Kier alpha value is -0.330. The molecule has 1 aliphatic rings. The molecule has 1 amide bonds. The number of carbonyl (C=O) groups excluding carboxylic acids is 1. The van der Waals surface area contributed by atoms with E-state index in [2.05, 4.69) is 36.3 Å². The first-order chi connectivity index (χ1) is 10.6. The van der Waals surface area contributed by atoms with Gasteiger partial charge in [0.25, 0.3) is 0 Å². The minimum absolute atomic E-state index is 0. The number of halogens is 2. The van der Waals surface area contributed by atoms with E-state index in [1.54, 1.807) is 0 Å². The number of hydrogen-bond acceptors (Lipinski definition) is 4. The number of carbonyl (C=O) groups is 1. The molecule has 0 saturated carbocycles. The lowest BCUT2D eigenvalue weighted by atomic mass is 9.81. The van der Waals surface area contributed by atoms with Crippen molar-refractivity contribution in [2.75, 3.05) is 39.3 Å². The van der Waals surface area contributed by atoms with Crippen LogP contribution in [0, 0.1) is 5.41 Å². The quantitative estimate of drug-likeness (QED) is 0.771. The maximum Gasteiger partial charge on any atom is 0.230 e. The van der Waals surface area contributed by atoms with Crippen molar-refractivity contribution in [2.45, 2.75) is 33.1 Å². The van der Waals surface area contributed by atoms with Gasteiger partial charge in [-0.15, -0.1) is 36.2 Å². The second-order valence-corrected chi connectivity index (χ2v) is 7.19. The number of nitrogens with zero attached hydrogens (tertiary/aromatic N) is 2. The van der Waals surface area contributed by atoms with Crippen LogP contribution < -0.4 is 5.73 Å². The zero-order valence-corrected chi connectivity index (χ0v) is 17.2. The summed E-state index contributed by atoms with van der Waals surface area (Å²) < 4.78 is 0. The van der Waals surface area contributed by atoms with Crippen LogP contribution >= 0.6 is 36.2 Å². The predicted octanol–water partition coefficient (Wildman–Crippen LogP) is 3.04. The smallest absolute Gasteiger partial charge is 0.230 e. The Labute approximate surface area is 162 Å². The third-order valence-electron chi connectivity index (χ3n) is 5.11. The second kappa shape index (κ2) is 11.3. The van der Waals surface area contributed by atoms with E-state index >= 15 is 0 Å². The van der Waals surface area contributed by atoms with Crippen molar-refractivity contribution in [3.63, 3.8) is 0 Å². The predicted molar refractivity (Wildman–Crippen MR) is 108 cm³/mol. The molecular formula is C17H31Cl2N3OS. The topological polar surface area (TPSA) is 49.6 Å². The lowest BCUT2D eigenvalue weighted by molar-refractivity contribution is -0.144. The van der Waals surface area contributed by atoms with E-state index in [0.717, 1.165) is 52.0 Å². The Morgan fingerprint density at radius 3 is 2.29 bits per heavy atom. The molecule has 24 heavy (non-hydrogen) atoms. The molecule has 1 aromatic heterocycles. The van der Waals surface area contributed by atoms with E-state index in [1.165, 1.54) is 4.88 Å². The van der Waals surface area contributed by atoms with Crippen LogP contribution in [0.3, 0.4) is 0 Å². The van der Waals surface area contributed by atoms with Gasteiger partial charge in [0.2, 0.25) is 5.91 Å². The van der Waals surface area contributed by atoms with E-state index in [0.29, 0.717) is 6.54 Å². The van der Waals surface area contributed by atoms with E-state index in [4.69, 9.17) is 5.73 Å². The van der Waals surface area contributed by atoms with Gasteiger partial charge in [-0.3, -0.25) is 9.69 Å². The first-order valence-electron chi connectivity index (χ1n) is 8.39. The Balaban J connectivity index is 0.00000264. The average Bonchev–Trinajstić information content (AvgIpc) is 3.09. The van der Waals surface area contributed by atoms with Gasteiger partial charge >= 0.3 is 0 Å². The zero-order valence-electron chi connectivity index (χ0n) is 14.7. The number of thiophene rings is 1. The van der Waals surface area contributed by atoms with Gasteiger partial charge in [0.15, 0.2) is 0 Å². The molecule has 1 fully saturated rings. The minimum atomic E-state index is -0.348. The molecule has 0 atom stereocenters. The van der Waals surface area contributed by atoms with Crippen molar-refractivity contribution < 1.29 is 4.79 Å². The molecule has 0 aliphatic carbocycles. The highest BCUT2D eigenvalue weighted by molar-refractivity contribution is 7.09. The third-order valence-corrected chi connectivity index (χ3v) is 6.05. The maximum absolute atomic E-state index is 12.8. The highest BCUT2D eigenvalue weighted by atomic mass is 35.5. The highest BCUT2D eigenvalue weighted by Crippen LogP contribution is 2.28. The molecular weight excluding hydrogens is 365 g/mol. The SMILES string of the molecule is CCC(CC)(CN)C(=O)N1CCN(CCc2cccs2)CC1.Cl.Cl. The van der Waals surface area contributed by atoms with Crippen LogP contribution in [0.2, 0.25) is 0 Å². The summed E-state index contributed by atoms with van der Waals surface area (Å²) in [5.41, 5.74) is 5.56. The Bertz CT molecular complexity index is 450. The van der Waals surface area contributed by atoms with Crippen molar-refractivity contribution in [1.29, 1.82) is 0 Å². The van der Waals surface area contributed by atoms with Crippen molar-refractivity contribution in [2.24, 2.45) is 11.1 Å². The zero-order chi connectivity index (χ0) is 16.0. The minimum Gasteiger partial charge on any atom is -0.340 e. The summed E-state index contributed by atoms with van der Waals surface area (Å²) in [5.74, 6) is 0.262. The molecule has 0 radical (unpaired) electrons. The van der Waals surface area contributed by atoms with Crippen LogP contribution in [0.25, 0.3) is 0 Å². The number of piperazine rings is 1. The maximum atomic E-state index is 12.8. The Morgan fingerprint density at radius 2 is 1.83 bits per heavy atom. The van der Waals surface area contributed by atoms with Crippen LogP contribution in [-0.4, -0.2) is 55.0 Å². The summed E-state index contributed by atoms with van der Waals surface area (Å²) in [6.07, 6.45) is 2.77. The number of nitrogens with two attached hydrogens (primary N) is 1. The van der Waals surface area contributed by atoms with Gasteiger partial charge in [-0.25, -0.2) is 0 Å². The summed E-state index contributed by atoms with van der Waals surface area (Å²) in [6.45, 7) is 9.33. The molecule has 4 nitrogen and oxygen atoms in total. The molecule has 2 N–H and O–H groups in total. The summed E-state index contributed by atoms with van der Waals surface area (Å²) in [7, 11) is 0. The summed E-state index contributed by atoms with van der Waals surface area (Å²) in [4.78, 5) is 18.7. The van der Waals surface area contributed by atoms with E-state index in [1.807, 2.05) is 16.2 Å². The van der Waals surface area contributed by atoms with Crippen molar-refractivity contribution in [1.82, 2.24) is 9.80 Å². The van der Waals surface area contributed by atoms with Gasteiger partial charge in [-0.1, -0.05) is 19.9 Å². The molecule has 0 aromatic carbocycles. The molecule has 7 heteroatoms. The molecule has 0 unspecified atom stereocenters. The van der Waals surface area contributed by atoms with Crippen LogP contribution in [0.4, 0.5) is 0 Å². The van der Waals surface area contributed by atoms with Crippen molar-refractivity contribution in [3.05, 3.63) is 22.4 Å². The monoisotopic (exact) mass is 395 g/mol. The third kappa shape index (κ3) is 5.60. The molecule has 1 aromatic rings.